The molecule has 1 aliphatic heterocycles. The van der Waals surface area contributed by atoms with Gasteiger partial charge < -0.3 is 16.4 Å². The van der Waals surface area contributed by atoms with E-state index >= 15 is 0 Å². The van der Waals surface area contributed by atoms with Crippen molar-refractivity contribution >= 4 is 11.7 Å². The van der Waals surface area contributed by atoms with Gasteiger partial charge >= 0.3 is 6.18 Å². The molecule has 2 heterocycles. The Hall–Kier alpha value is -2.81. The number of likely N-dealkylation sites (tertiary alicyclic amines) is 1. The van der Waals surface area contributed by atoms with Crippen LogP contribution in [0.4, 0.5) is 19.0 Å². The average Bonchev–Trinajstić information content (AvgIpc) is 3.27. The summed E-state index contributed by atoms with van der Waals surface area (Å²) in [7, 11) is 0. The molecule has 1 amide bonds. The van der Waals surface area contributed by atoms with E-state index in [9.17, 15) is 18.0 Å². The van der Waals surface area contributed by atoms with Crippen LogP contribution in [0.1, 0.15) is 36.4 Å². The normalized spacial score (nSPS) is 23.6. The maximum absolute atomic E-state index is 12.9. The van der Waals surface area contributed by atoms with E-state index in [1.54, 1.807) is 4.68 Å². The molecule has 9 heteroatoms. The quantitative estimate of drug-likeness (QED) is 0.744. The number of rotatable bonds is 4. The van der Waals surface area contributed by atoms with E-state index in [0.29, 0.717) is 29.2 Å². The van der Waals surface area contributed by atoms with E-state index in [1.165, 1.54) is 18.2 Å². The molecular formula is C21H24F3N5O. The number of nitrogen functional groups attached to an aromatic ring is 1. The lowest BCUT2D eigenvalue weighted by Crippen LogP contribution is -2.42. The van der Waals surface area contributed by atoms with Crippen LogP contribution in [0.3, 0.4) is 0 Å². The topological polar surface area (TPSA) is 90.2 Å². The Morgan fingerprint density at radius 1 is 1.30 bits per heavy atom. The van der Waals surface area contributed by atoms with E-state index in [-0.39, 0.29) is 23.9 Å². The number of benzene rings is 1. The minimum Gasteiger partial charge on any atom is -0.384 e. The maximum Gasteiger partial charge on any atom is 0.416 e. The number of hydrogen-bond donors (Lipinski definition) is 2. The summed E-state index contributed by atoms with van der Waals surface area (Å²) in [5.41, 5.74) is 13.2. The number of carbonyl (C=O) groups excluding carboxylic acids is 1. The molecule has 2 fully saturated rings. The molecule has 0 radical (unpaired) electrons. The fraction of sp³-hybridized carbons (Fsp3) is 0.429. The van der Waals surface area contributed by atoms with Gasteiger partial charge in [0.05, 0.1) is 17.3 Å². The van der Waals surface area contributed by atoms with Gasteiger partial charge in [-0.2, -0.15) is 18.3 Å². The minimum atomic E-state index is -4.39. The molecule has 160 valence electrons. The predicted octanol–water partition coefficient (Wildman–Crippen LogP) is 3.35. The molecule has 0 unspecified atom stereocenters. The highest BCUT2D eigenvalue weighted by Crippen LogP contribution is 2.54. The number of aromatic nitrogens is 2. The molecule has 30 heavy (non-hydrogen) atoms. The lowest BCUT2D eigenvalue weighted by atomic mass is 9.65. The van der Waals surface area contributed by atoms with Crippen molar-refractivity contribution in [3.63, 3.8) is 0 Å². The molecule has 1 aromatic heterocycles. The van der Waals surface area contributed by atoms with Crippen molar-refractivity contribution in [1.29, 1.82) is 0 Å². The van der Waals surface area contributed by atoms with E-state index < -0.39 is 11.7 Å². The van der Waals surface area contributed by atoms with Crippen LogP contribution >= 0.6 is 0 Å². The lowest BCUT2D eigenvalue weighted by molar-refractivity contribution is -0.137. The highest BCUT2D eigenvalue weighted by Gasteiger charge is 2.50. The SMILES string of the molecule is C=CC(=O)N1CC[C@]2(C1)C[C@@H](n1nc(-c3ccc(C(F)(F)F)cc3)c(CN)c1N)C2. The first kappa shape index (κ1) is 20.5. The summed E-state index contributed by atoms with van der Waals surface area (Å²) in [6, 6.07) is 4.94. The second-order valence-electron chi connectivity index (χ2n) is 8.21. The van der Waals surface area contributed by atoms with Gasteiger partial charge in [-0.25, -0.2) is 4.68 Å². The monoisotopic (exact) mass is 419 g/mol. The minimum absolute atomic E-state index is 0.0519. The van der Waals surface area contributed by atoms with Crippen LogP contribution < -0.4 is 11.5 Å². The molecule has 1 saturated carbocycles. The zero-order valence-corrected chi connectivity index (χ0v) is 16.5. The Bertz CT molecular complexity index is 974. The highest BCUT2D eigenvalue weighted by atomic mass is 19.4. The molecule has 1 aromatic carbocycles. The summed E-state index contributed by atoms with van der Waals surface area (Å²) in [6.07, 6.45) is -0.438. The summed E-state index contributed by atoms with van der Waals surface area (Å²) in [5.74, 6) is 0.396. The number of amides is 1. The molecule has 0 atom stereocenters. The first-order valence-corrected chi connectivity index (χ1v) is 9.83. The molecular weight excluding hydrogens is 395 g/mol. The third-order valence-electron chi connectivity index (χ3n) is 6.35. The van der Waals surface area contributed by atoms with Crippen molar-refractivity contribution in [2.45, 2.75) is 38.0 Å². The van der Waals surface area contributed by atoms with Crippen molar-refractivity contribution in [3.05, 3.63) is 48.0 Å². The van der Waals surface area contributed by atoms with Crippen LogP contribution in [0.2, 0.25) is 0 Å². The first-order valence-electron chi connectivity index (χ1n) is 9.83. The summed E-state index contributed by atoms with van der Waals surface area (Å²) in [6.45, 7) is 5.10. The smallest absolute Gasteiger partial charge is 0.384 e. The summed E-state index contributed by atoms with van der Waals surface area (Å²) < 4.78 is 40.3. The van der Waals surface area contributed by atoms with E-state index in [2.05, 4.69) is 11.7 Å². The number of alkyl halides is 3. The summed E-state index contributed by atoms with van der Waals surface area (Å²) in [5, 5.41) is 4.62. The number of nitrogens with two attached hydrogens (primary N) is 2. The van der Waals surface area contributed by atoms with Gasteiger partial charge in [-0.05, 0) is 42.9 Å². The van der Waals surface area contributed by atoms with Gasteiger partial charge in [0, 0.05) is 30.8 Å². The third-order valence-corrected chi connectivity index (χ3v) is 6.35. The molecule has 2 aromatic rings. The Labute approximate surface area is 172 Å². The summed E-state index contributed by atoms with van der Waals surface area (Å²) >= 11 is 0. The number of nitrogens with zero attached hydrogens (tertiary/aromatic N) is 3. The fourth-order valence-electron chi connectivity index (χ4n) is 4.71. The molecule has 4 N–H and O–H groups in total. The standard InChI is InChI=1S/C21H24F3N5O/c1-2-17(30)28-8-7-20(12-28)9-15(10-20)29-19(26)16(11-25)18(27-29)13-3-5-14(6-4-13)21(22,23)24/h2-6,15H,1,7-12,25-26H2/t15-,20+. The van der Waals surface area contributed by atoms with Crippen LogP contribution in [-0.4, -0.2) is 33.7 Å². The molecule has 6 nitrogen and oxygen atoms in total. The van der Waals surface area contributed by atoms with Gasteiger partial charge in [-0.1, -0.05) is 18.7 Å². The number of halogens is 3. The summed E-state index contributed by atoms with van der Waals surface area (Å²) in [4.78, 5) is 13.7. The van der Waals surface area contributed by atoms with Gasteiger partial charge in [0.2, 0.25) is 5.91 Å². The van der Waals surface area contributed by atoms with Crippen LogP contribution in [-0.2, 0) is 17.5 Å². The van der Waals surface area contributed by atoms with Crippen molar-refractivity contribution < 1.29 is 18.0 Å². The van der Waals surface area contributed by atoms with Gasteiger partial charge in [-0.15, -0.1) is 0 Å². The van der Waals surface area contributed by atoms with E-state index in [4.69, 9.17) is 11.5 Å². The number of carbonyl (C=O) groups is 1. The number of anilines is 1. The highest BCUT2D eigenvalue weighted by molar-refractivity contribution is 5.87. The van der Waals surface area contributed by atoms with Crippen molar-refractivity contribution in [2.75, 3.05) is 18.8 Å². The van der Waals surface area contributed by atoms with Gasteiger partial charge in [-0.3, -0.25) is 4.79 Å². The fourth-order valence-corrected chi connectivity index (χ4v) is 4.71. The Kier molecular flexibility index (Phi) is 4.88. The largest absolute Gasteiger partial charge is 0.416 e. The predicted molar refractivity (Wildman–Crippen MR) is 107 cm³/mol. The second-order valence-corrected chi connectivity index (χ2v) is 8.21. The average molecular weight is 419 g/mol. The zero-order valence-electron chi connectivity index (χ0n) is 16.5. The molecule has 1 spiro atoms. The van der Waals surface area contributed by atoms with Crippen molar-refractivity contribution in [3.8, 4) is 11.3 Å². The van der Waals surface area contributed by atoms with Crippen LogP contribution in [0, 0.1) is 5.41 Å². The third kappa shape index (κ3) is 3.36. The maximum atomic E-state index is 12.9. The Balaban J connectivity index is 1.55. The Morgan fingerprint density at radius 3 is 2.53 bits per heavy atom. The Morgan fingerprint density at radius 2 is 1.97 bits per heavy atom. The molecule has 1 saturated heterocycles. The van der Waals surface area contributed by atoms with Gasteiger partial charge in [0.1, 0.15) is 5.82 Å². The zero-order chi connectivity index (χ0) is 21.7. The molecule has 0 bridgehead atoms. The van der Waals surface area contributed by atoms with Crippen LogP contribution in [0.15, 0.2) is 36.9 Å². The van der Waals surface area contributed by atoms with Crippen molar-refractivity contribution in [1.82, 2.24) is 14.7 Å². The van der Waals surface area contributed by atoms with Gasteiger partial charge in [0.15, 0.2) is 0 Å². The van der Waals surface area contributed by atoms with E-state index in [0.717, 1.165) is 37.9 Å². The van der Waals surface area contributed by atoms with Crippen LogP contribution in [0.5, 0.6) is 0 Å². The molecule has 1 aliphatic carbocycles. The molecule has 2 aliphatic rings. The first-order chi connectivity index (χ1) is 14.2. The molecule has 4 rings (SSSR count). The second kappa shape index (κ2) is 7.16. The van der Waals surface area contributed by atoms with Crippen LogP contribution in [0.25, 0.3) is 11.3 Å². The van der Waals surface area contributed by atoms with Gasteiger partial charge in [0.25, 0.3) is 0 Å². The van der Waals surface area contributed by atoms with E-state index in [1.807, 2.05) is 4.90 Å². The number of hydrogen-bond acceptors (Lipinski definition) is 4. The van der Waals surface area contributed by atoms with Crippen molar-refractivity contribution in [2.24, 2.45) is 11.1 Å². The lowest BCUT2D eigenvalue weighted by Gasteiger charge is -2.45.